The fourth-order valence-electron chi connectivity index (χ4n) is 1.83. The summed E-state index contributed by atoms with van der Waals surface area (Å²) >= 11 is 1.66. The minimum absolute atomic E-state index is 0.0874. The van der Waals surface area contributed by atoms with E-state index in [2.05, 4.69) is 10.5 Å². The molecule has 2 rings (SSSR count). The van der Waals surface area contributed by atoms with Crippen molar-refractivity contribution in [1.82, 2.24) is 5.43 Å². The zero-order valence-electron chi connectivity index (χ0n) is 13.1. The molecular weight excluding hydrogens is 308 g/mol. The predicted molar refractivity (Wildman–Crippen MR) is 95.1 cm³/mol. The second-order valence-electron chi connectivity index (χ2n) is 4.71. The van der Waals surface area contributed by atoms with E-state index in [9.17, 15) is 4.79 Å². The lowest BCUT2D eigenvalue weighted by Crippen LogP contribution is -2.17. The summed E-state index contributed by atoms with van der Waals surface area (Å²) < 4.78 is 5.37. The molecule has 2 aromatic carbocycles. The molecule has 4 nitrogen and oxygen atoms in total. The van der Waals surface area contributed by atoms with Crippen molar-refractivity contribution in [2.24, 2.45) is 5.10 Å². The van der Waals surface area contributed by atoms with Crippen molar-refractivity contribution in [3.63, 3.8) is 0 Å². The number of benzene rings is 2. The highest BCUT2D eigenvalue weighted by Gasteiger charge is 2.00. The Morgan fingerprint density at radius 1 is 1.17 bits per heavy atom. The van der Waals surface area contributed by atoms with Gasteiger partial charge in [-0.1, -0.05) is 18.2 Å². The number of hydrazone groups is 1. The molecule has 2 aromatic rings. The van der Waals surface area contributed by atoms with E-state index in [1.807, 2.05) is 61.5 Å². The molecular formula is C18H20N2O2S. The molecule has 0 fully saturated rings. The third-order valence-corrected chi connectivity index (χ3v) is 3.95. The third kappa shape index (κ3) is 6.57. The summed E-state index contributed by atoms with van der Waals surface area (Å²) in [5, 5.41) is 3.97. The number of amides is 1. The lowest BCUT2D eigenvalue weighted by molar-refractivity contribution is -0.120. The van der Waals surface area contributed by atoms with Crippen LogP contribution in [0.4, 0.5) is 0 Å². The van der Waals surface area contributed by atoms with Crippen LogP contribution in [-0.2, 0) is 4.79 Å². The van der Waals surface area contributed by atoms with E-state index >= 15 is 0 Å². The van der Waals surface area contributed by atoms with Gasteiger partial charge in [-0.15, -0.1) is 11.8 Å². The molecule has 0 aliphatic heterocycles. The number of rotatable bonds is 8. The first-order valence-electron chi connectivity index (χ1n) is 7.50. The van der Waals surface area contributed by atoms with Crippen LogP contribution in [0.3, 0.4) is 0 Å². The van der Waals surface area contributed by atoms with E-state index in [-0.39, 0.29) is 5.91 Å². The minimum atomic E-state index is -0.0874. The van der Waals surface area contributed by atoms with Gasteiger partial charge in [0.25, 0.3) is 0 Å². The first-order chi connectivity index (χ1) is 11.3. The van der Waals surface area contributed by atoms with Gasteiger partial charge in [0.05, 0.1) is 12.8 Å². The van der Waals surface area contributed by atoms with Crippen LogP contribution in [0, 0.1) is 0 Å². The molecule has 1 amide bonds. The largest absolute Gasteiger partial charge is 0.494 e. The highest BCUT2D eigenvalue weighted by molar-refractivity contribution is 7.99. The SMILES string of the molecule is CCOc1ccc(C=NNC(=O)CCSc2ccccc2)cc1. The standard InChI is InChI=1S/C18H20N2O2S/c1-2-22-16-10-8-15(9-11-16)14-19-20-18(21)12-13-23-17-6-4-3-5-7-17/h3-11,14H,2,12-13H2,1H3,(H,20,21). The maximum absolute atomic E-state index is 11.7. The van der Waals surface area contributed by atoms with Gasteiger partial charge in [-0.05, 0) is 48.9 Å². The van der Waals surface area contributed by atoms with Gasteiger partial charge in [-0.3, -0.25) is 4.79 Å². The number of hydrogen-bond donors (Lipinski definition) is 1. The predicted octanol–water partition coefficient (Wildman–Crippen LogP) is 3.72. The maximum atomic E-state index is 11.7. The maximum Gasteiger partial charge on any atom is 0.240 e. The summed E-state index contributed by atoms with van der Waals surface area (Å²) in [6.45, 7) is 2.59. The summed E-state index contributed by atoms with van der Waals surface area (Å²) in [6.07, 6.45) is 2.05. The zero-order chi connectivity index (χ0) is 16.3. The Hall–Kier alpha value is -2.27. The van der Waals surface area contributed by atoms with Gasteiger partial charge >= 0.3 is 0 Å². The van der Waals surface area contributed by atoms with Gasteiger partial charge < -0.3 is 4.74 Å². The van der Waals surface area contributed by atoms with Crippen molar-refractivity contribution in [2.45, 2.75) is 18.2 Å². The van der Waals surface area contributed by atoms with Gasteiger partial charge in [0.1, 0.15) is 5.75 Å². The molecule has 23 heavy (non-hydrogen) atoms. The Kier molecular flexibility index (Phi) is 7.20. The molecule has 0 atom stereocenters. The van der Waals surface area contributed by atoms with E-state index in [1.165, 1.54) is 0 Å². The smallest absolute Gasteiger partial charge is 0.240 e. The molecule has 0 spiro atoms. The van der Waals surface area contributed by atoms with Crippen LogP contribution < -0.4 is 10.2 Å². The van der Waals surface area contributed by atoms with Crippen LogP contribution in [0.5, 0.6) is 5.75 Å². The molecule has 5 heteroatoms. The molecule has 0 saturated heterocycles. The van der Waals surface area contributed by atoms with E-state index in [0.29, 0.717) is 13.0 Å². The molecule has 120 valence electrons. The van der Waals surface area contributed by atoms with Gasteiger partial charge in [0.2, 0.25) is 5.91 Å². The highest BCUT2D eigenvalue weighted by atomic mass is 32.2. The number of ether oxygens (including phenoxy) is 1. The van der Waals surface area contributed by atoms with Gasteiger partial charge in [-0.2, -0.15) is 5.10 Å². The van der Waals surface area contributed by atoms with Crippen LogP contribution >= 0.6 is 11.8 Å². The Morgan fingerprint density at radius 2 is 1.91 bits per heavy atom. The lowest BCUT2D eigenvalue weighted by atomic mass is 10.2. The summed E-state index contributed by atoms with van der Waals surface area (Å²) in [5.74, 6) is 1.47. The number of carbonyl (C=O) groups excluding carboxylic acids is 1. The summed E-state index contributed by atoms with van der Waals surface area (Å²) in [7, 11) is 0. The zero-order valence-corrected chi connectivity index (χ0v) is 13.9. The van der Waals surface area contributed by atoms with Crippen molar-refractivity contribution in [3.8, 4) is 5.75 Å². The first kappa shape index (κ1) is 17.1. The summed E-state index contributed by atoms with van der Waals surface area (Å²) in [5.41, 5.74) is 3.45. The molecule has 0 radical (unpaired) electrons. The molecule has 0 aromatic heterocycles. The number of thioether (sulfide) groups is 1. The molecule has 0 heterocycles. The van der Waals surface area contributed by atoms with E-state index < -0.39 is 0 Å². The average molecular weight is 328 g/mol. The molecule has 0 unspecified atom stereocenters. The van der Waals surface area contributed by atoms with Gasteiger partial charge in [0, 0.05) is 17.1 Å². The second-order valence-corrected chi connectivity index (χ2v) is 5.88. The number of nitrogens with one attached hydrogen (secondary N) is 1. The van der Waals surface area contributed by atoms with Crippen molar-refractivity contribution in [1.29, 1.82) is 0 Å². The molecule has 0 saturated carbocycles. The van der Waals surface area contributed by atoms with E-state index in [1.54, 1.807) is 18.0 Å². The minimum Gasteiger partial charge on any atom is -0.494 e. The van der Waals surface area contributed by atoms with Crippen molar-refractivity contribution >= 4 is 23.9 Å². The van der Waals surface area contributed by atoms with Gasteiger partial charge in [0.15, 0.2) is 0 Å². The fourth-order valence-corrected chi connectivity index (χ4v) is 2.70. The van der Waals surface area contributed by atoms with Crippen LogP contribution in [-0.4, -0.2) is 24.5 Å². The van der Waals surface area contributed by atoms with Gasteiger partial charge in [-0.25, -0.2) is 5.43 Å². The topological polar surface area (TPSA) is 50.7 Å². The third-order valence-electron chi connectivity index (χ3n) is 2.94. The fraction of sp³-hybridized carbons (Fsp3) is 0.222. The molecule has 0 aliphatic carbocycles. The number of carbonyl (C=O) groups is 1. The molecule has 1 N–H and O–H groups in total. The van der Waals surface area contributed by atoms with Crippen molar-refractivity contribution in [2.75, 3.05) is 12.4 Å². The monoisotopic (exact) mass is 328 g/mol. The number of hydrogen-bond acceptors (Lipinski definition) is 4. The summed E-state index contributed by atoms with van der Waals surface area (Å²) in [6, 6.07) is 17.6. The Bertz CT molecular complexity index is 627. The normalized spacial score (nSPS) is 10.7. The average Bonchev–Trinajstić information content (AvgIpc) is 2.58. The Labute approximate surface area is 140 Å². The van der Waals surface area contributed by atoms with Crippen LogP contribution in [0.15, 0.2) is 64.6 Å². The molecule has 0 aliphatic rings. The number of nitrogens with zero attached hydrogens (tertiary/aromatic N) is 1. The molecule has 0 bridgehead atoms. The Morgan fingerprint density at radius 3 is 2.61 bits per heavy atom. The quantitative estimate of drug-likeness (QED) is 0.456. The summed E-state index contributed by atoms with van der Waals surface area (Å²) in [4.78, 5) is 12.9. The first-order valence-corrected chi connectivity index (χ1v) is 8.49. The highest BCUT2D eigenvalue weighted by Crippen LogP contribution is 2.17. The van der Waals surface area contributed by atoms with E-state index in [4.69, 9.17) is 4.74 Å². The van der Waals surface area contributed by atoms with Crippen LogP contribution in [0.25, 0.3) is 0 Å². The van der Waals surface area contributed by atoms with Crippen LogP contribution in [0.2, 0.25) is 0 Å². The van der Waals surface area contributed by atoms with Crippen molar-refractivity contribution in [3.05, 3.63) is 60.2 Å². The Balaban J connectivity index is 1.69. The van der Waals surface area contributed by atoms with Crippen molar-refractivity contribution < 1.29 is 9.53 Å². The van der Waals surface area contributed by atoms with E-state index in [0.717, 1.165) is 22.0 Å². The van der Waals surface area contributed by atoms with Crippen LogP contribution in [0.1, 0.15) is 18.9 Å². The lowest BCUT2D eigenvalue weighted by Gasteiger charge is -2.02. The second kappa shape index (κ2) is 9.69.